The average molecular weight is 512 g/mol. The van der Waals surface area contributed by atoms with E-state index in [1.807, 2.05) is 0 Å². The highest BCUT2D eigenvalue weighted by Gasteiger charge is 2.27. The molecule has 0 aliphatic heterocycles. The Morgan fingerprint density at radius 3 is 2.61 bits per heavy atom. The van der Waals surface area contributed by atoms with Gasteiger partial charge in [0.1, 0.15) is 15.6 Å². The van der Waals surface area contributed by atoms with Crippen molar-refractivity contribution in [1.82, 2.24) is 9.78 Å². The fourth-order valence-electron chi connectivity index (χ4n) is 2.79. The van der Waals surface area contributed by atoms with Crippen LogP contribution in [0.2, 0.25) is 10.0 Å². The van der Waals surface area contributed by atoms with E-state index < -0.39 is 17.8 Å². The van der Waals surface area contributed by atoms with Crippen LogP contribution in [-0.2, 0) is 16.2 Å². The minimum absolute atomic E-state index is 0.00679. The fourth-order valence-corrected chi connectivity index (χ4v) is 4.34. The Balaban J connectivity index is 1.76. The molecule has 0 aliphatic rings. The molecule has 2 aromatic heterocycles. The van der Waals surface area contributed by atoms with Crippen LogP contribution in [0.25, 0.3) is 0 Å². The molecule has 0 saturated carbocycles. The maximum Gasteiger partial charge on any atom is 0.348 e. The molecule has 1 amide bonds. The van der Waals surface area contributed by atoms with Crippen molar-refractivity contribution in [2.24, 2.45) is 0 Å². The second-order valence-corrected chi connectivity index (χ2v) is 8.38. The summed E-state index contributed by atoms with van der Waals surface area (Å²) < 4.78 is 16.8. The van der Waals surface area contributed by atoms with Gasteiger partial charge in [-0.15, -0.1) is 11.3 Å². The zero-order valence-corrected chi connectivity index (χ0v) is 20.1. The van der Waals surface area contributed by atoms with Crippen molar-refractivity contribution < 1.29 is 28.6 Å². The lowest BCUT2D eigenvalue weighted by molar-refractivity contribution is 0.0531. The van der Waals surface area contributed by atoms with Gasteiger partial charge in [-0.1, -0.05) is 23.2 Å². The smallest absolute Gasteiger partial charge is 0.348 e. The summed E-state index contributed by atoms with van der Waals surface area (Å²) in [7, 11) is 1.21. The Bertz CT molecular complexity index is 1210. The molecule has 0 aliphatic carbocycles. The Morgan fingerprint density at radius 2 is 1.94 bits per heavy atom. The van der Waals surface area contributed by atoms with E-state index in [1.54, 1.807) is 38.2 Å². The number of hydrogen-bond donors (Lipinski definition) is 1. The number of carbonyl (C=O) groups excluding carboxylic acids is 3. The molecule has 9 nitrogen and oxygen atoms in total. The van der Waals surface area contributed by atoms with Crippen LogP contribution < -0.4 is 10.1 Å². The van der Waals surface area contributed by atoms with E-state index in [-0.39, 0.29) is 34.5 Å². The molecule has 0 unspecified atom stereocenters. The van der Waals surface area contributed by atoms with Gasteiger partial charge in [-0.3, -0.25) is 4.79 Å². The van der Waals surface area contributed by atoms with Crippen LogP contribution in [0.15, 0.2) is 30.5 Å². The minimum atomic E-state index is -0.687. The molecule has 3 aromatic rings. The summed E-state index contributed by atoms with van der Waals surface area (Å²) in [6.07, 6.45) is 1.55. The molecular formula is C21H19Cl2N3O6S. The van der Waals surface area contributed by atoms with Gasteiger partial charge in [-0.25, -0.2) is 14.3 Å². The number of amides is 1. The number of esters is 2. The van der Waals surface area contributed by atoms with Gasteiger partial charge in [-0.05, 0) is 43.7 Å². The average Bonchev–Trinajstić information content (AvgIpc) is 3.37. The van der Waals surface area contributed by atoms with Crippen LogP contribution in [0.1, 0.15) is 43.0 Å². The van der Waals surface area contributed by atoms with Crippen LogP contribution in [0.4, 0.5) is 5.00 Å². The first kappa shape index (κ1) is 24.6. The summed E-state index contributed by atoms with van der Waals surface area (Å²) in [6.45, 7) is 3.42. The van der Waals surface area contributed by atoms with Gasteiger partial charge in [-0.2, -0.15) is 5.10 Å². The number of nitrogens with zero attached hydrogens (tertiary/aromatic N) is 2. The standard InChI is InChI=1S/C21H19Cl2N3O6S/c1-4-31-21(29)17-11(2)16(20(28)30-3)19(33-17)24-18(27)14-7-8-26(25-14)10-32-15-6-5-12(22)9-13(15)23/h5-9H,4,10H2,1-3H3,(H,24,27). The summed E-state index contributed by atoms with van der Waals surface area (Å²) in [4.78, 5) is 37.4. The van der Waals surface area contributed by atoms with E-state index in [4.69, 9.17) is 37.4 Å². The number of thiophene rings is 1. The highest BCUT2D eigenvalue weighted by molar-refractivity contribution is 7.18. The summed E-state index contributed by atoms with van der Waals surface area (Å²) in [5.74, 6) is -1.45. The van der Waals surface area contributed by atoms with Crippen LogP contribution >= 0.6 is 34.5 Å². The Hall–Kier alpha value is -3.08. The van der Waals surface area contributed by atoms with Crippen molar-refractivity contribution >= 4 is 57.4 Å². The molecule has 0 radical (unpaired) electrons. The number of rotatable bonds is 8. The van der Waals surface area contributed by atoms with Gasteiger partial charge >= 0.3 is 11.9 Å². The Morgan fingerprint density at radius 1 is 1.18 bits per heavy atom. The second-order valence-electron chi connectivity index (χ2n) is 6.52. The SMILES string of the molecule is CCOC(=O)c1sc(NC(=O)c2ccn(COc3ccc(Cl)cc3Cl)n2)c(C(=O)OC)c1C. The maximum atomic E-state index is 12.7. The Kier molecular flexibility index (Phi) is 7.96. The molecule has 0 saturated heterocycles. The molecule has 174 valence electrons. The van der Waals surface area contributed by atoms with Crippen molar-refractivity contribution in [3.05, 3.63) is 62.2 Å². The number of nitrogens with one attached hydrogen (secondary N) is 1. The number of hydrogen-bond acceptors (Lipinski definition) is 8. The summed E-state index contributed by atoms with van der Waals surface area (Å²) in [5, 5.41) is 7.76. The van der Waals surface area contributed by atoms with E-state index in [0.29, 0.717) is 21.4 Å². The van der Waals surface area contributed by atoms with Gasteiger partial charge in [0.15, 0.2) is 12.4 Å². The number of aromatic nitrogens is 2. The van der Waals surface area contributed by atoms with E-state index in [9.17, 15) is 14.4 Å². The van der Waals surface area contributed by atoms with E-state index in [0.717, 1.165) is 11.3 Å². The molecule has 0 atom stereocenters. The highest BCUT2D eigenvalue weighted by Crippen LogP contribution is 2.34. The topological polar surface area (TPSA) is 109 Å². The molecule has 33 heavy (non-hydrogen) atoms. The summed E-state index contributed by atoms with van der Waals surface area (Å²) >= 11 is 12.9. The molecule has 0 bridgehead atoms. The minimum Gasteiger partial charge on any atom is -0.470 e. The van der Waals surface area contributed by atoms with Crippen LogP contribution in [0.3, 0.4) is 0 Å². The number of methoxy groups -OCH3 is 1. The lowest BCUT2D eigenvalue weighted by Crippen LogP contribution is -2.16. The second kappa shape index (κ2) is 10.7. The Labute approximate surface area is 203 Å². The third kappa shape index (κ3) is 5.65. The number of ether oxygens (including phenoxy) is 3. The van der Waals surface area contributed by atoms with Gasteiger partial charge < -0.3 is 19.5 Å². The molecule has 0 fully saturated rings. The van der Waals surface area contributed by atoms with Gasteiger partial charge in [0.25, 0.3) is 5.91 Å². The number of halogens is 2. The summed E-state index contributed by atoms with van der Waals surface area (Å²) in [6, 6.07) is 6.28. The first-order valence-electron chi connectivity index (χ1n) is 9.56. The molecule has 1 aromatic carbocycles. The van der Waals surface area contributed by atoms with Gasteiger partial charge in [0.2, 0.25) is 0 Å². The van der Waals surface area contributed by atoms with Crippen LogP contribution in [-0.4, -0.2) is 41.3 Å². The first-order chi connectivity index (χ1) is 15.7. The molecule has 3 rings (SSSR count). The van der Waals surface area contributed by atoms with Crippen molar-refractivity contribution in [2.45, 2.75) is 20.6 Å². The predicted molar refractivity (Wildman–Crippen MR) is 124 cm³/mol. The molecular weight excluding hydrogens is 493 g/mol. The molecule has 0 spiro atoms. The van der Waals surface area contributed by atoms with Crippen molar-refractivity contribution in [2.75, 3.05) is 19.0 Å². The van der Waals surface area contributed by atoms with E-state index in [2.05, 4.69) is 10.4 Å². The lowest BCUT2D eigenvalue weighted by atomic mass is 10.1. The fraction of sp³-hybridized carbons (Fsp3) is 0.238. The first-order valence-corrected chi connectivity index (χ1v) is 11.1. The van der Waals surface area contributed by atoms with Crippen LogP contribution in [0, 0.1) is 6.92 Å². The number of carbonyl (C=O) groups is 3. The molecule has 12 heteroatoms. The number of anilines is 1. The van der Waals surface area contributed by atoms with Crippen molar-refractivity contribution in [3.8, 4) is 5.75 Å². The van der Waals surface area contributed by atoms with Crippen molar-refractivity contribution in [3.63, 3.8) is 0 Å². The van der Waals surface area contributed by atoms with E-state index in [1.165, 1.54) is 17.9 Å². The van der Waals surface area contributed by atoms with Crippen LogP contribution in [0.5, 0.6) is 5.75 Å². The highest BCUT2D eigenvalue weighted by atomic mass is 35.5. The monoisotopic (exact) mass is 511 g/mol. The zero-order chi connectivity index (χ0) is 24.1. The zero-order valence-electron chi connectivity index (χ0n) is 17.8. The lowest BCUT2D eigenvalue weighted by Gasteiger charge is -2.08. The molecule has 2 heterocycles. The number of benzene rings is 1. The quantitative estimate of drug-likeness (QED) is 0.432. The van der Waals surface area contributed by atoms with E-state index >= 15 is 0 Å². The predicted octanol–water partition coefficient (Wildman–Crippen LogP) is 4.81. The largest absolute Gasteiger partial charge is 0.470 e. The maximum absolute atomic E-state index is 12.7. The van der Waals surface area contributed by atoms with Gasteiger partial charge in [0.05, 0.1) is 24.3 Å². The van der Waals surface area contributed by atoms with Crippen molar-refractivity contribution in [1.29, 1.82) is 0 Å². The summed E-state index contributed by atoms with van der Waals surface area (Å²) in [5.41, 5.74) is 0.513. The van der Waals surface area contributed by atoms with Gasteiger partial charge in [0, 0.05) is 11.2 Å². The third-order valence-electron chi connectivity index (χ3n) is 4.34. The molecule has 1 N–H and O–H groups in total. The normalized spacial score (nSPS) is 10.6. The third-order valence-corrected chi connectivity index (χ3v) is 6.06.